The summed E-state index contributed by atoms with van der Waals surface area (Å²) in [5, 5.41) is 2.86. The summed E-state index contributed by atoms with van der Waals surface area (Å²) in [7, 11) is 0. The molecule has 23 heavy (non-hydrogen) atoms. The molecule has 3 N–H and O–H groups in total. The quantitative estimate of drug-likeness (QED) is 0.747. The van der Waals surface area contributed by atoms with Gasteiger partial charge >= 0.3 is 0 Å². The molecule has 0 radical (unpaired) electrons. The van der Waals surface area contributed by atoms with Crippen molar-refractivity contribution in [3.63, 3.8) is 0 Å². The molecule has 0 spiro atoms. The van der Waals surface area contributed by atoms with Crippen LogP contribution in [0, 0.1) is 11.2 Å². The summed E-state index contributed by atoms with van der Waals surface area (Å²) in [6.07, 6.45) is 6.13. The molecule has 1 aromatic carbocycles. The molecule has 1 aliphatic carbocycles. The van der Waals surface area contributed by atoms with Crippen LogP contribution in [0.4, 0.5) is 4.39 Å². The van der Waals surface area contributed by atoms with Gasteiger partial charge in [-0.2, -0.15) is 0 Å². The van der Waals surface area contributed by atoms with Gasteiger partial charge in [-0.1, -0.05) is 25.3 Å². The van der Waals surface area contributed by atoms with E-state index in [4.69, 9.17) is 10.5 Å². The number of benzene rings is 1. The molecule has 0 unspecified atom stereocenters. The molecule has 130 valence electrons. The van der Waals surface area contributed by atoms with Crippen LogP contribution in [0.3, 0.4) is 0 Å². The molecule has 0 aliphatic heterocycles. The van der Waals surface area contributed by atoms with Crippen molar-refractivity contribution in [2.24, 2.45) is 11.1 Å². The van der Waals surface area contributed by atoms with E-state index in [2.05, 4.69) is 5.32 Å². The summed E-state index contributed by atoms with van der Waals surface area (Å²) in [4.78, 5) is 12.1. The molecule has 1 aromatic rings. The fourth-order valence-electron chi connectivity index (χ4n) is 3.07. The van der Waals surface area contributed by atoms with Crippen LogP contribution < -0.4 is 15.8 Å². The van der Waals surface area contributed by atoms with Crippen LogP contribution in [-0.4, -0.2) is 25.6 Å². The molecule has 0 heterocycles. The van der Waals surface area contributed by atoms with Crippen LogP contribution in [0.15, 0.2) is 24.3 Å². The lowest BCUT2D eigenvalue weighted by atomic mass is 9.72. The van der Waals surface area contributed by atoms with Crippen LogP contribution in [0.1, 0.15) is 38.5 Å². The van der Waals surface area contributed by atoms with Gasteiger partial charge in [0.1, 0.15) is 18.2 Å². The van der Waals surface area contributed by atoms with E-state index in [-0.39, 0.29) is 29.5 Å². The van der Waals surface area contributed by atoms with E-state index in [0.29, 0.717) is 31.9 Å². The topological polar surface area (TPSA) is 64.4 Å². The van der Waals surface area contributed by atoms with Crippen molar-refractivity contribution in [1.29, 1.82) is 0 Å². The Bertz CT molecular complexity index is 493. The van der Waals surface area contributed by atoms with Crippen LogP contribution >= 0.6 is 12.4 Å². The van der Waals surface area contributed by atoms with Gasteiger partial charge in [0, 0.05) is 12.5 Å². The molecule has 1 aliphatic rings. The van der Waals surface area contributed by atoms with Gasteiger partial charge in [0.2, 0.25) is 5.91 Å². The molecule has 2 rings (SSSR count). The SMILES string of the molecule is Cl.NCC1(CC(=O)NCCOc2cccc(F)c2)CCCCC1. The van der Waals surface area contributed by atoms with E-state index < -0.39 is 0 Å². The highest BCUT2D eigenvalue weighted by molar-refractivity contribution is 5.85. The second kappa shape index (κ2) is 9.73. The van der Waals surface area contributed by atoms with Gasteiger partial charge in [0.05, 0.1) is 6.54 Å². The third-order valence-electron chi connectivity index (χ3n) is 4.37. The van der Waals surface area contributed by atoms with Crippen molar-refractivity contribution in [1.82, 2.24) is 5.32 Å². The van der Waals surface area contributed by atoms with E-state index >= 15 is 0 Å². The van der Waals surface area contributed by atoms with Crippen molar-refractivity contribution < 1.29 is 13.9 Å². The molecule has 0 bridgehead atoms. The van der Waals surface area contributed by atoms with Crippen molar-refractivity contribution in [3.8, 4) is 5.75 Å². The molecule has 1 fully saturated rings. The molecule has 0 aromatic heterocycles. The van der Waals surface area contributed by atoms with Crippen molar-refractivity contribution in [2.75, 3.05) is 19.7 Å². The Kier molecular flexibility index (Phi) is 8.34. The van der Waals surface area contributed by atoms with Gasteiger partial charge in [-0.3, -0.25) is 4.79 Å². The monoisotopic (exact) mass is 344 g/mol. The number of rotatable bonds is 7. The van der Waals surface area contributed by atoms with Crippen LogP contribution in [0.5, 0.6) is 5.75 Å². The highest BCUT2D eigenvalue weighted by atomic mass is 35.5. The van der Waals surface area contributed by atoms with Crippen LogP contribution in [0.2, 0.25) is 0 Å². The fourth-order valence-corrected chi connectivity index (χ4v) is 3.07. The van der Waals surface area contributed by atoms with E-state index in [1.165, 1.54) is 18.6 Å². The Morgan fingerprint density at radius 2 is 2.04 bits per heavy atom. The number of amides is 1. The van der Waals surface area contributed by atoms with E-state index in [1.807, 2.05) is 0 Å². The minimum absolute atomic E-state index is 0. The second-order valence-electron chi connectivity index (χ2n) is 6.10. The Morgan fingerprint density at radius 3 is 2.70 bits per heavy atom. The molecular weight excluding hydrogens is 319 g/mol. The zero-order valence-corrected chi connectivity index (χ0v) is 14.2. The summed E-state index contributed by atoms with van der Waals surface area (Å²) in [6.45, 7) is 1.31. The standard InChI is InChI=1S/C17H25FN2O2.ClH/c18-14-5-4-6-15(11-14)22-10-9-20-16(21)12-17(13-19)7-2-1-3-8-17;/h4-6,11H,1-3,7-10,12-13,19H2,(H,20,21);1H. The van der Waals surface area contributed by atoms with E-state index in [0.717, 1.165) is 25.7 Å². The van der Waals surface area contributed by atoms with Gasteiger partial charge in [-0.05, 0) is 36.9 Å². The van der Waals surface area contributed by atoms with Crippen molar-refractivity contribution in [3.05, 3.63) is 30.1 Å². The zero-order valence-electron chi connectivity index (χ0n) is 13.4. The first-order valence-corrected chi connectivity index (χ1v) is 7.99. The number of hydrogen-bond acceptors (Lipinski definition) is 3. The smallest absolute Gasteiger partial charge is 0.220 e. The van der Waals surface area contributed by atoms with Crippen LogP contribution in [0.25, 0.3) is 0 Å². The average molecular weight is 345 g/mol. The van der Waals surface area contributed by atoms with Gasteiger partial charge < -0.3 is 15.8 Å². The number of carbonyl (C=O) groups excluding carboxylic acids is 1. The highest BCUT2D eigenvalue weighted by Crippen LogP contribution is 2.38. The van der Waals surface area contributed by atoms with Crippen molar-refractivity contribution in [2.45, 2.75) is 38.5 Å². The predicted octanol–water partition coefficient (Wildman–Crippen LogP) is 3.04. The number of ether oxygens (including phenoxy) is 1. The second-order valence-corrected chi connectivity index (χ2v) is 6.10. The number of nitrogens with two attached hydrogens (primary N) is 1. The first-order valence-electron chi connectivity index (χ1n) is 7.99. The lowest BCUT2D eigenvalue weighted by Crippen LogP contribution is -2.39. The lowest BCUT2D eigenvalue weighted by Gasteiger charge is -2.35. The van der Waals surface area contributed by atoms with Crippen molar-refractivity contribution >= 4 is 18.3 Å². The third-order valence-corrected chi connectivity index (χ3v) is 4.37. The fraction of sp³-hybridized carbons (Fsp3) is 0.588. The maximum absolute atomic E-state index is 13.0. The average Bonchev–Trinajstić information content (AvgIpc) is 2.52. The molecule has 4 nitrogen and oxygen atoms in total. The minimum Gasteiger partial charge on any atom is -0.492 e. The largest absolute Gasteiger partial charge is 0.492 e. The Labute approximate surface area is 143 Å². The Hall–Kier alpha value is -1.33. The third kappa shape index (κ3) is 6.36. The first-order chi connectivity index (χ1) is 10.6. The zero-order chi connectivity index (χ0) is 15.8. The number of carbonyl (C=O) groups is 1. The maximum atomic E-state index is 13.0. The number of halogens is 2. The Morgan fingerprint density at radius 1 is 1.30 bits per heavy atom. The van der Waals surface area contributed by atoms with Crippen LogP contribution in [-0.2, 0) is 4.79 Å². The van der Waals surface area contributed by atoms with Gasteiger partial charge in [-0.25, -0.2) is 4.39 Å². The summed E-state index contributed by atoms with van der Waals surface area (Å²) in [5.41, 5.74) is 5.87. The highest BCUT2D eigenvalue weighted by Gasteiger charge is 2.32. The molecule has 1 amide bonds. The van der Waals surface area contributed by atoms with E-state index in [1.54, 1.807) is 12.1 Å². The van der Waals surface area contributed by atoms with Gasteiger partial charge in [0.15, 0.2) is 0 Å². The summed E-state index contributed by atoms with van der Waals surface area (Å²) < 4.78 is 18.4. The number of hydrogen-bond donors (Lipinski definition) is 2. The lowest BCUT2D eigenvalue weighted by molar-refractivity contribution is -0.124. The molecule has 6 heteroatoms. The molecule has 0 atom stereocenters. The molecule has 0 saturated heterocycles. The molecule has 1 saturated carbocycles. The number of nitrogens with one attached hydrogen (secondary N) is 1. The minimum atomic E-state index is -0.330. The summed E-state index contributed by atoms with van der Waals surface area (Å²) in [6, 6.07) is 5.98. The Balaban J connectivity index is 0.00000264. The normalized spacial score (nSPS) is 16.3. The van der Waals surface area contributed by atoms with Gasteiger partial charge in [0.25, 0.3) is 0 Å². The first kappa shape index (κ1) is 19.7. The maximum Gasteiger partial charge on any atom is 0.220 e. The van der Waals surface area contributed by atoms with E-state index in [9.17, 15) is 9.18 Å². The molecular formula is C17H26ClFN2O2. The predicted molar refractivity (Wildman–Crippen MR) is 91.3 cm³/mol. The summed E-state index contributed by atoms with van der Waals surface area (Å²) >= 11 is 0. The summed E-state index contributed by atoms with van der Waals surface area (Å²) in [5.74, 6) is 0.166. The van der Waals surface area contributed by atoms with Gasteiger partial charge in [-0.15, -0.1) is 12.4 Å².